The molecule has 5 heteroatoms. The molecule has 0 saturated carbocycles. The lowest BCUT2D eigenvalue weighted by Gasteiger charge is -2.22. The third-order valence-corrected chi connectivity index (χ3v) is 4.81. The average molecular weight is 355 g/mol. The normalized spacial score (nSPS) is 13.7. The van der Waals surface area contributed by atoms with Crippen LogP contribution in [0.4, 0.5) is 21.5 Å². The first-order valence-electron chi connectivity index (χ1n) is 9.26. The van der Waals surface area contributed by atoms with Crippen LogP contribution in [-0.4, -0.2) is 32.6 Å². The zero-order valence-electron chi connectivity index (χ0n) is 15.5. The van der Waals surface area contributed by atoms with Crippen molar-refractivity contribution in [2.45, 2.75) is 26.2 Å². The van der Waals surface area contributed by atoms with Crippen LogP contribution in [0.25, 0.3) is 0 Å². The summed E-state index contributed by atoms with van der Waals surface area (Å²) >= 11 is 0. The van der Waals surface area contributed by atoms with E-state index in [0.29, 0.717) is 5.56 Å². The quantitative estimate of drug-likeness (QED) is 0.827. The van der Waals surface area contributed by atoms with Crippen molar-refractivity contribution in [3.8, 4) is 0 Å². The van der Waals surface area contributed by atoms with Crippen LogP contribution in [0.5, 0.6) is 0 Å². The number of hydrogen-bond acceptors (Lipinski definition) is 3. The molecule has 26 heavy (non-hydrogen) atoms. The number of rotatable bonds is 6. The van der Waals surface area contributed by atoms with Gasteiger partial charge in [-0.1, -0.05) is 13.0 Å². The third-order valence-electron chi connectivity index (χ3n) is 4.81. The molecule has 0 bridgehead atoms. The van der Waals surface area contributed by atoms with Crippen molar-refractivity contribution in [3.05, 3.63) is 53.8 Å². The Hall–Kier alpha value is -2.56. The van der Waals surface area contributed by atoms with Gasteiger partial charge in [0.15, 0.2) is 0 Å². The highest BCUT2D eigenvalue weighted by molar-refractivity contribution is 6.06. The zero-order valence-corrected chi connectivity index (χ0v) is 15.5. The lowest BCUT2D eigenvalue weighted by molar-refractivity contribution is 0.102. The van der Waals surface area contributed by atoms with Crippen LogP contribution in [0.3, 0.4) is 0 Å². The number of nitrogens with one attached hydrogen (secondary N) is 1. The molecule has 0 aliphatic carbocycles. The maximum Gasteiger partial charge on any atom is 0.255 e. The smallest absolute Gasteiger partial charge is 0.255 e. The van der Waals surface area contributed by atoms with Crippen LogP contribution in [0, 0.1) is 5.82 Å². The molecule has 1 saturated heterocycles. The lowest BCUT2D eigenvalue weighted by atomic mass is 10.1. The van der Waals surface area contributed by atoms with E-state index in [0.717, 1.165) is 50.3 Å². The van der Waals surface area contributed by atoms with Gasteiger partial charge in [0.25, 0.3) is 5.91 Å². The van der Waals surface area contributed by atoms with Gasteiger partial charge in [0.05, 0.1) is 5.69 Å². The molecule has 2 aromatic rings. The summed E-state index contributed by atoms with van der Waals surface area (Å²) in [6.07, 6.45) is 3.25. The maximum absolute atomic E-state index is 14.4. The Morgan fingerprint density at radius 3 is 2.50 bits per heavy atom. The fourth-order valence-electron chi connectivity index (χ4n) is 3.38. The van der Waals surface area contributed by atoms with Crippen molar-refractivity contribution in [2.24, 2.45) is 0 Å². The number of para-hydroxylation sites is 1. The first-order chi connectivity index (χ1) is 12.6. The van der Waals surface area contributed by atoms with Crippen LogP contribution >= 0.6 is 0 Å². The molecule has 1 aliphatic heterocycles. The predicted octanol–water partition coefficient (Wildman–Crippen LogP) is 4.52. The largest absolute Gasteiger partial charge is 0.375 e. The van der Waals surface area contributed by atoms with Crippen LogP contribution in [0.15, 0.2) is 42.5 Å². The van der Waals surface area contributed by atoms with Gasteiger partial charge in [0.2, 0.25) is 0 Å². The molecule has 4 nitrogen and oxygen atoms in total. The van der Waals surface area contributed by atoms with Gasteiger partial charge in [-0.05, 0) is 55.7 Å². The second-order valence-corrected chi connectivity index (χ2v) is 6.75. The highest BCUT2D eigenvalue weighted by atomic mass is 19.1. The molecule has 0 radical (unpaired) electrons. The SMILES string of the molecule is CCCN(C)c1ccc(C(=O)Nc2c(F)cccc2N2CCCC2)cc1. The topological polar surface area (TPSA) is 35.6 Å². The second kappa shape index (κ2) is 8.21. The number of halogens is 1. The molecule has 1 heterocycles. The maximum atomic E-state index is 14.4. The molecule has 1 amide bonds. The lowest BCUT2D eigenvalue weighted by Crippen LogP contribution is -2.22. The van der Waals surface area contributed by atoms with E-state index in [-0.39, 0.29) is 11.6 Å². The van der Waals surface area contributed by atoms with E-state index in [2.05, 4.69) is 22.0 Å². The molecule has 0 aromatic heterocycles. The van der Waals surface area contributed by atoms with E-state index in [4.69, 9.17) is 0 Å². The number of carbonyl (C=O) groups is 1. The molecule has 0 atom stereocenters. The van der Waals surface area contributed by atoms with Gasteiger partial charge in [-0.15, -0.1) is 0 Å². The highest BCUT2D eigenvalue weighted by Gasteiger charge is 2.20. The summed E-state index contributed by atoms with van der Waals surface area (Å²) in [5, 5.41) is 2.78. The summed E-state index contributed by atoms with van der Waals surface area (Å²) in [6.45, 7) is 4.88. The van der Waals surface area contributed by atoms with E-state index in [1.165, 1.54) is 6.07 Å². The number of anilines is 3. The Morgan fingerprint density at radius 1 is 1.15 bits per heavy atom. The number of nitrogens with zero attached hydrogens (tertiary/aromatic N) is 2. The fraction of sp³-hybridized carbons (Fsp3) is 0.381. The molecule has 1 N–H and O–H groups in total. The van der Waals surface area contributed by atoms with Gasteiger partial charge in [-0.3, -0.25) is 4.79 Å². The summed E-state index contributed by atoms with van der Waals surface area (Å²) in [7, 11) is 2.03. The first-order valence-corrected chi connectivity index (χ1v) is 9.26. The molecule has 1 fully saturated rings. The molecular formula is C21H26FN3O. The fourth-order valence-corrected chi connectivity index (χ4v) is 3.38. The summed E-state index contributed by atoms with van der Waals surface area (Å²) in [5.41, 5.74) is 2.61. The molecule has 0 unspecified atom stereocenters. The zero-order chi connectivity index (χ0) is 18.5. The number of benzene rings is 2. The number of carbonyl (C=O) groups excluding carboxylic acids is 1. The van der Waals surface area contributed by atoms with E-state index < -0.39 is 5.82 Å². The average Bonchev–Trinajstić information content (AvgIpc) is 3.18. The van der Waals surface area contributed by atoms with Crippen molar-refractivity contribution in [3.63, 3.8) is 0 Å². The van der Waals surface area contributed by atoms with Crippen LogP contribution in [0.2, 0.25) is 0 Å². The highest BCUT2D eigenvalue weighted by Crippen LogP contribution is 2.31. The molecule has 3 rings (SSSR count). The Balaban J connectivity index is 1.78. The minimum Gasteiger partial charge on any atom is -0.375 e. The van der Waals surface area contributed by atoms with E-state index in [1.54, 1.807) is 18.2 Å². The Bertz CT molecular complexity index is 754. The minimum atomic E-state index is -0.401. The summed E-state index contributed by atoms with van der Waals surface area (Å²) in [5.74, 6) is -0.692. The number of amides is 1. The molecule has 0 spiro atoms. The third kappa shape index (κ3) is 3.98. The molecule has 138 valence electrons. The van der Waals surface area contributed by atoms with Gasteiger partial charge < -0.3 is 15.1 Å². The van der Waals surface area contributed by atoms with Gasteiger partial charge in [-0.2, -0.15) is 0 Å². The summed E-state index contributed by atoms with van der Waals surface area (Å²) < 4.78 is 14.4. The van der Waals surface area contributed by atoms with Gasteiger partial charge >= 0.3 is 0 Å². The Kier molecular flexibility index (Phi) is 5.76. The van der Waals surface area contributed by atoms with Crippen LogP contribution in [0.1, 0.15) is 36.5 Å². The van der Waals surface area contributed by atoms with Crippen molar-refractivity contribution < 1.29 is 9.18 Å². The van der Waals surface area contributed by atoms with Gasteiger partial charge in [0.1, 0.15) is 11.5 Å². The van der Waals surface area contributed by atoms with Crippen molar-refractivity contribution >= 4 is 23.0 Å². The van der Waals surface area contributed by atoms with Gasteiger partial charge in [-0.25, -0.2) is 4.39 Å². The standard InChI is InChI=1S/C21H26FN3O/c1-3-13-24(2)17-11-9-16(10-12-17)21(26)23-20-18(22)7-6-8-19(20)25-14-4-5-15-25/h6-12H,3-5,13-15H2,1-2H3,(H,23,26). The second-order valence-electron chi connectivity index (χ2n) is 6.75. The van der Waals surface area contributed by atoms with Crippen molar-refractivity contribution in [1.82, 2.24) is 0 Å². The summed E-state index contributed by atoms with van der Waals surface area (Å²) in [6, 6.07) is 12.4. The van der Waals surface area contributed by atoms with Crippen LogP contribution < -0.4 is 15.1 Å². The molecule has 2 aromatic carbocycles. The predicted molar refractivity (Wildman–Crippen MR) is 106 cm³/mol. The molecular weight excluding hydrogens is 329 g/mol. The van der Waals surface area contributed by atoms with Gasteiger partial charge in [0, 0.05) is 37.9 Å². The van der Waals surface area contributed by atoms with E-state index >= 15 is 0 Å². The van der Waals surface area contributed by atoms with Crippen molar-refractivity contribution in [1.29, 1.82) is 0 Å². The van der Waals surface area contributed by atoms with E-state index in [9.17, 15) is 9.18 Å². The van der Waals surface area contributed by atoms with Crippen molar-refractivity contribution in [2.75, 3.05) is 41.8 Å². The Morgan fingerprint density at radius 2 is 1.85 bits per heavy atom. The number of hydrogen-bond donors (Lipinski definition) is 1. The van der Waals surface area contributed by atoms with Crippen LogP contribution in [-0.2, 0) is 0 Å². The minimum absolute atomic E-state index is 0.270. The van der Waals surface area contributed by atoms with E-state index in [1.807, 2.05) is 25.2 Å². The summed E-state index contributed by atoms with van der Waals surface area (Å²) in [4.78, 5) is 16.9. The Labute approximate surface area is 154 Å². The monoisotopic (exact) mass is 355 g/mol. The first kappa shape index (κ1) is 18.2. The molecule has 1 aliphatic rings.